The van der Waals surface area contributed by atoms with Crippen LogP contribution in [0.2, 0.25) is 0 Å². The van der Waals surface area contributed by atoms with Gasteiger partial charge in [-0.15, -0.1) is 0 Å². The second-order valence-corrected chi connectivity index (χ2v) is 7.50. The minimum atomic E-state index is 0.216. The molecule has 0 aliphatic heterocycles. The molecule has 4 rings (SSSR count). The van der Waals surface area contributed by atoms with Crippen molar-refractivity contribution in [3.05, 3.63) is 35.9 Å². The Kier molecular flexibility index (Phi) is 3.28. The molecular formula is C19H25NO. The second kappa shape index (κ2) is 5.15. The first kappa shape index (κ1) is 13.4. The Morgan fingerprint density at radius 1 is 1.14 bits per heavy atom. The molecule has 21 heavy (non-hydrogen) atoms. The standard InChI is InChI=1S/C19H25NO/c1-12(16-10-13-7-8-15(16)9-13)20-19(21)18-11-17(18)14-5-3-2-4-6-14/h2-6,12-13,15-18H,7-11H2,1H3,(H,20,21)/t12-,13-,15-,16-,17-,18+/m0/s1. The lowest BCUT2D eigenvalue weighted by molar-refractivity contribution is -0.123. The van der Waals surface area contributed by atoms with Gasteiger partial charge in [0, 0.05) is 12.0 Å². The van der Waals surface area contributed by atoms with Gasteiger partial charge in [0.05, 0.1) is 0 Å². The Labute approximate surface area is 127 Å². The van der Waals surface area contributed by atoms with Crippen molar-refractivity contribution in [3.63, 3.8) is 0 Å². The van der Waals surface area contributed by atoms with Gasteiger partial charge in [0.25, 0.3) is 0 Å². The van der Waals surface area contributed by atoms with Crippen molar-refractivity contribution in [1.29, 1.82) is 0 Å². The number of hydrogen-bond acceptors (Lipinski definition) is 1. The predicted octanol–water partition coefficient (Wildman–Crippen LogP) is 3.73. The first-order chi connectivity index (χ1) is 10.2. The fourth-order valence-corrected chi connectivity index (χ4v) is 4.90. The van der Waals surface area contributed by atoms with E-state index in [-0.39, 0.29) is 5.92 Å². The van der Waals surface area contributed by atoms with Crippen molar-refractivity contribution in [1.82, 2.24) is 5.32 Å². The van der Waals surface area contributed by atoms with E-state index in [2.05, 4.69) is 36.5 Å². The maximum absolute atomic E-state index is 12.5. The third-order valence-corrected chi connectivity index (χ3v) is 6.16. The molecule has 3 fully saturated rings. The highest BCUT2D eigenvalue weighted by Gasteiger charge is 2.46. The molecule has 1 N–H and O–H groups in total. The van der Waals surface area contributed by atoms with Crippen molar-refractivity contribution >= 4 is 5.91 Å². The molecule has 6 atom stereocenters. The van der Waals surface area contributed by atoms with Crippen molar-refractivity contribution in [3.8, 4) is 0 Å². The second-order valence-electron chi connectivity index (χ2n) is 7.50. The molecule has 3 aliphatic rings. The van der Waals surface area contributed by atoms with Gasteiger partial charge < -0.3 is 5.32 Å². The van der Waals surface area contributed by atoms with Crippen molar-refractivity contribution in [2.24, 2.45) is 23.7 Å². The van der Waals surface area contributed by atoms with E-state index < -0.39 is 0 Å². The molecule has 2 nitrogen and oxygen atoms in total. The molecule has 1 aromatic rings. The van der Waals surface area contributed by atoms with Crippen molar-refractivity contribution < 1.29 is 4.79 Å². The van der Waals surface area contributed by atoms with Crippen LogP contribution in [0, 0.1) is 23.7 Å². The number of fused-ring (bicyclic) bond motifs is 2. The van der Waals surface area contributed by atoms with Crippen LogP contribution in [-0.2, 0) is 4.79 Å². The van der Waals surface area contributed by atoms with Crippen LogP contribution in [-0.4, -0.2) is 11.9 Å². The minimum absolute atomic E-state index is 0.216. The summed E-state index contributed by atoms with van der Waals surface area (Å²) in [6.45, 7) is 2.23. The zero-order valence-corrected chi connectivity index (χ0v) is 12.8. The van der Waals surface area contributed by atoms with E-state index in [1.807, 2.05) is 6.07 Å². The lowest BCUT2D eigenvalue weighted by Crippen LogP contribution is -2.41. The van der Waals surface area contributed by atoms with Gasteiger partial charge >= 0.3 is 0 Å². The molecule has 0 saturated heterocycles. The van der Waals surface area contributed by atoms with Crippen LogP contribution in [0.1, 0.15) is 50.5 Å². The summed E-state index contributed by atoms with van der Waals surface area (Å²) in [6.07, 6.45) is 6.62. The monoisotopic (exact) mass is 283 g/mol. The first-order valence-electron chi connectivity index (χ1n) is 8.57. The predicted molar refractivity (Wildman–Crippen MR) is 83.8 cm³/mol. The molecule has 0 radical (unpaired) electrons. The van der Waals surface area contributed by atoms with Gasteiger partial charge in [-0.2, -0.15) is 0 Å². The topological polar surface area (TPSA) is 29.1 Å². The summed E-state index contributed by atoms with van der Waals surface area (Å²) in [4.78, 5) is 12.5. The summed E-state index contributed by atoms with van der Waals surface area (Å²) in [5.41, 5.74) is 1.32. The lowest BCUT2D eigenvalue weighted by atomic mass is 9.84. The van der Waals surface area contributed by atoms with Gasteiger partial charge in [0.15, 0.2) is 0 Å². The molecule has 2 bridgehead atoms. The fraction of sp³-hybridized carbons (Fsp3) is 0.632. The number of carbonyl (C=O) groups is 1. The number of amides is 1. The molecule has 3 aliphatic carbocycles. The quantitative estimate of drug-likeness (QED) is 0.896. The molecule has 1 amide bonds. The average molecular weight is 283 g/mol. The Morgan fingerprint density at radius 3 is 2.62 bits per heavy atom. The minimum Gasteiger partial charge on any atom is -0.353 e. The van der Waals surface area contributed by atoms with Gasteiger partial charge in [0.2, 0.25) is 5.91 Å². The van der Waals surface area contributed by atoms with Crippen LogP contribution in [0.15, 0.2) is 30.3 Å². The van der Waals surface area contributed by atoms with Crippen molar-refractivity contribution in [2.45, 2.75) is 51.0 Å². The zero-order valence-electron chi connectivity index (χ0n) is 12.8. The number of carbonyl (C=O) groups excluding carboxylic acids is 1. The molecular weight excluding hydrogens is 258 g/mol. The highest BCUT2D eigenvalue weighted by molar-refractivity contribution is 5.83. The molecule has 0 aromatic heterocycles. The number of rotatable bonds is 4. The Balaban J connectivity index is 1.33. The van der Waals surface area contributed by atoms with Crippen LogP contribution >= 0.6 is 0 Å². The van der Waals surface area contributed by atoms with Crippen LogP contribution < -0.4 is 5.32 Å². The number of hydrogen-bond donors (Lipinski definition) is 1. The summed E-state index contributed by atoms with van der Waals surface area (Å²) in [5.74, 6) is 3.54. The molecule has 0 unspecified atom stereocenters. The fourth-order valence-electron chi connectivity index (χ4n) is 4.90. The van der Waals surface area contributed by atoms with Crippen LogP contribution in [0.5, 0.6) is 0 Å². The highest BCUT2D eigenvalue weighted by Crippen LogP contribution is 2.50. The maximum Gasteiger partial charge on any atom is 0.223 e. The van der Waals surface area contributed by atoms with Gasteiger partial charge in [0.1, 0.15) is 0 Å². The summed E-state index contributed by atoms with van der Waals surface area (Å²) >= 11 is 0. The van der Waals surface area contributed by atoms with E-state index in [9.17, 15) is 4.79 Å². The average Bonchev–Trinajstić information content (AvgIpc) is 3.03. The summed E-state index contributed by atoms with van der Waals surface area (Å²) in [5, 5.41) is 3.33. The van der Waals surface area contributed by atoms with E-state index in [1.54, 1.807) is 0 Å². The molecule has 2 heteroatoms. The molecule has 112 valence electrons. The van der Waals surface area contributed by atoms with E-state index in [1.165, 1.54) is 31.2 Å². The van der Waals surface area contributed by atoms with Crippen molar-refractivity contribution in [2.75, 3.05) is 0 Å². The smallest absolute Gasteiger partial charge is 0.223 e. The first-order valence-corrected chi connectivity index (χ1v) is 8.57. The van der Waals surface area contributed by atoms with Crippen LogP contribution in [0.25, 0.3) is 0 Å². The maximum atomic E-state index is 12.5. The molecule has 3 saturated carbocycles. The molecule has 0 spiro atoms. The van der Waals surface area contributed by atoms with E-state index >= 15 is 0 Å². The SMILES string of the molecule is C[C@H](NC(=O)[C@@H]1C[C@H]1c1ccccc1)[C@@H]1C[C@H]2CC[C@H]1C2. The van der Waals surface area contributed by atoms with Gasteiger partial charge in [-0.05, 0) is 61.8 Å². The lowest BCUT2D eigenvalue weighted by Gasteiger charge is -2.28. The van der Waals surface area contributed by atoms with E-state index in [4.69, 9.17) is 0 Å². The zero-order chi connectivity index (χ0) is 14.4. The van der Waals surface area contributed by atoms with Gasteiger partial charge in [-0.1, -0.05) is 36.8 Å². The summed E-state index contributed by atoms with van der Waals surface area (Å²) < 4.78 is 0. The number of benzene rings is 1. The highest BCUT2D eigenvalue weighted by atomic mass is 16.2. The molecule has 0 heterocycles. The van der Waals surface area contributed by atoms with Gasteiger partial charge in [-0.3, -0.25) is 4.79 Å². The van der Waals surface area contributed by atoms with E-state index in [0.717, 1.165) is 24.2 Å². The van der Waals surface area contributed by atoms with E-state index in [0.29, 0.717) is 17.9 Å². The molecule has 1 aromatic carbocycles. The largest absolute Gasteiger partial charge is 0.353 e. The number of nitrogens with one attached hydrogen (secondary N) is 1. The van der Waals surface area contributed by atoms with Crippen LogP contribution in [0.4, 0.5) is 0 Å². The Morgan fingerprint density at radius 2 is 1.95 bits per heavy atom. The summed E-state index contributed by atoms with van der Waals surface area (Å²) in [7, 11) is 0. The third-order valence-electron chi connectivity index (χ3n) is 6.16. The summed E-state index contributed by atoms with van der Waals surface area (Å²) in [6, 6.07) is 10.8. The van der Waals surface area contributed by atoms with Crippen LogP contribution in [0.3, 0.4) is 0 Å². The normalized spacial score (nSPS) is 38.2. The Bertz CT molecular complexity index is 526. The third kappa shape index (κ3) is 2.49. The Hall–Kier alpha value is -1.31. The van der Waals surface area contributed by atoms with Gasteiger partial charge in [-0.25, -0.2) is 0 Å².